The molecular weight excluding hydrogens is 176 g/mol. The summed E-state index contributed by atoms with van der Waals surface area (Å²) in [5.74, 6) is -2.50. The van der Waals surface area contributed by atoms with Crippen LogP contribution in [-0.4, -0.2) is 41.4 Å². The van der Waals surface area contributed by atoms with Gasteiger partial charge in [-0.1, -0.05) is 0 Å². The van der Waals surface area contributed by atoms with Crippen LogP contribution in [0.15, 0.2) is 23.7 Å². The Morgan fingerprint density at radius 2 is 2.00 bits per heavy atom. The van der Waals surface area contributed by atoms with E-state index in [1.807, 2.05) is 0 Å². The molecule has 1 aliphatic carbocycles. The zero-order chi connectivity index (χ0) is 10.1. The van der Waals surface area contributed by atoms with Gasteiger partial charge in [-0.15, -0.1) is 0 Å². The summed E-state index contributed by atoms with van der Waals surface area (Å²) < 4.78 is 9.44. The standard InChI is InChI=1S/C8H12O5/c1-12-6-3-5(9)4-7(13-2)8(6,10)11/h3-4,6,9-11H,1-2H3. The first-order valence-corrected chi connectivity index (χ1v) is 3.67. The molecule has 1 unspecified atom stereocenters. The van der Waals surface area contributed by atoms with Gasteiger partial charge in [-0.3, -0.25) is 0 Å². The Hall–Kier alpha value is -1.04. The molecule has 0 aromatic heterocycles. The SMILES string of the molecule is COC1=CC(O)=CC(OC)C1(O)O. The lowest BCUT2D eigenvalue weighted by molar-refractivity contribution is -0.213. The first-order chi connectivity index (χ1) is 6.02. The average molecular weight is 188 g/mol. The van der Waals surface area contributed by atoms with E-state index in [2.05, 4.69) is 4.74 Å². The van der Waals surface area contributed by atoms with Crippen molar-refractivity contribution in [1.82, 2.24) is 0 Å². The third-order valence-corrected chi connectivity index (χ3v) is 1.83. The van der Waals surface area contributed by atoms with Crippen LogP contribution in [-0.2, 0) is 9.47 Å². The highest BCUT2D eigenvalue weighted by atomic mass is 16.6. The Balaban J connectivity index is 3.02. The van der Waals surface area contributed by atoms with Crippen molar-refractivity contribution in [1.29, 1.82) is 0 Å². The summed E-state index contributed by atoms with van der Waals surface area (Å²) in [6.07, 6.45) is 1.27. The van der Waals surface area contributed by atoms with Gasteiger partial charge < -0.3 is 24.8 Å². The van der Waals surface area contributed by atoms with Crippen LogP contribution in [0.25, 0.3) is 0 Å². The summed E-state index contributed by atoms with van der Waals surface area (Å²) in [6, 6.07) is 0. The molecule has 5 nitrogen and oxygen atoms in total. The molecule has 0 aromatic rings. The van der Waals surface area contributed by atoms with Gasteiger partial charge in [0, 0.05) is 13.2 Å². The van der Waals surface area contributed by atoms with E-state index in [1.165, 1.54) is 20.3 Å². The maximum atomic E-state index is 9.49. The van der Waals surface area contributed by atoms with Crippen LogP contribution in [0.5, 0.6) is 0 Å². The molecule has 0 fully saturated rings. The number of allylic oxidation sites excluding steroid dienone is 1. The first-order valence-electron chi connectivity index (χ1n) is 3.67. The molecule has 0 aliphatic heterocycles. The maximum Gasteiger partial charge on any atom is 0.254 e. The second kappa shape index (κ2) is 3.37. The predicted octanol–water partition coefficient (Wildman–Crippen LogP) is -0.332. The molecule has 0 heterocycles. The van der Waals surface area contributed by atoms with E-state index < -0.39 is 11.9 Å². The molecule has 0 radical (unpaired) electrons. The zero-order valence-electron chi connectivity index (χ0n) is 7.39. The molecule has 0 bridgehead atoms. The fourth-order valence-electron chi connectivity index (χ4n) is 1.14. The van der Waals surface area contributed by atoms with Gasteiger partial charge in [0.2, 0.25) is 0 Å². The molecule has 0 saturated heterocycles. The largest absolute Gasteiger partial charge is 0.508 e. The minimum absolute atomic E-state index is 0.123. The van der Waals surface area contributed by atoms with Gasteiger partial charge in [0.05, 0.1) is 7.11 Å². The highest BCUT2D eigenvalue weighted by Gasteiger charge is 2.42. The molecule has 74 valence electrons. The van der Waals surface area contributed by atoms with Gasteiger partial charge in [-0.25, -0.2) is 0 Å². The predicted molar refractivity (Wildman–Crippen MR) is 43.8 cm³/mol. The second-order valence-corrected chi connectivity index (χ2v) is 2.69. The van der Waals surface area contributed by atoms with E-state index >= 15 is 0 Å². The molecular formula is C8H12O5. The summed E-state index contributed by atoms with van der Waals surface area (Å²) in [6.45, 7) is 0. The topological polar surface area (TPSA) is 79.2 Å². The van der Waals surface area contributed by atoms with E-state index in [9.17, 15) is 10.2 Å². The molecule has 1 aliphatic rings. The molecule has 0 aromatic carbocycles. The van der Waals surface area contributed by atoms with Crippen LogP contribution in [0.2, 0.25) is 0 Å². The first kappa shape index (κ1) is 10.0. The van der Waals surface area contributed by atoms with Gasteiger partial charge in [0.1, 0.15) is 11.9 Å². The lowest BCUT2D eigenvalue weighted by Gasteiger charge is -2.31. The van der Waals surface area contributed by atoms with Crippen molar-refractivity contribution in [2.24, 2.45) is 0 Å². The molecule has 0 spiro atoms. The molecule has 0 saturated carbocycles. The number of ether oxygens (including phenoxy) is 2. The van der Waals surface area contributed by atoms with E-state index in [1.54, 1.807) is 0 Å². The highest BCUT2D eigenvalue weighted by Crippen LogP contribution is 2.27. The quantitative estimate of drug-likeness (QED) is 0.517. The van der Waals surface area contributed by atoms with Crippen molar-refractivity contribution in [2.45, 2.75) is 11.9 Å². The lowest BCUT2D eigenvalue weighted by Crippen LogP contribution is -2.46. The number of aliphatic hydroxyl groups excluding tert-OH is 1. The highest BCUT2D eigenvalue weighted by molar-refractivity contribution is 5.28. The van der Waals surface area contributed by atoms with Crippen LogP contribution >= 0.6 is 0 Å². The number of hydrogen-bond acceptors (Lipinski definition) is 5. The molecule has 13 heavy (non-hydrogen) atoms. The number of methoxy groups -OCH3 is 2. The Bertz CT molecular complexity index is 253. The molecule has 3 N–H and O–H groups in total. The van der Waals surface area contributed by atoms with Crippen molar-refractivity contribution in [3.05, 3.63) is 23.7 Å². The zero-order valence-corrected chi connectivity index (χ0v) is 7.39. The number of rotatable bonds is 2. The van der Waals surface area contributed by atoms with Gasteiger partial charge in [-0.2, -0.15) is 0 Å². The lowest BCUT2D eigenvalue weighted by atomic mass is 10.0. The van der Waals surface area contributed by atoms with E-state index in [-0.39, 0.29) is 11.5 Å². The molecule has 1 atom stereocenters. The summed E-state index contributed by atoms with van der Waals surface area (Å²) in [7, 11) is 2.58. The molecule has 1 rings (SSSR count). The Morgan fingerprint density at radius 1 is 1.38 bits per heavy atom. The Morgan fingerprint density at radius 3 is 2.46 bits per heavy atom. The van der Waals surface area contributed by atoms with E-state index in [4.69, 9.17) is 9.84 Å². The normalized spacial score (nSPS) is 26.3. The fourth-order valence-corrected chi connectivity index (χ4v) is 1.14. The van der Waals surface area contributed by atoms with E-state index in [0.717, 1.165) is 6.08 Å². The van der Waals surface area contributed by atoms with Crippen LogP contribution in [0, 0.1) is 0 Å². The van der Waals surface area contributed by atoms with Crippen molar-refractivity contribution in [2.75, 3.05) is 14.2 Å². The third-order valence-electron chi connectivity index (χ3n) is 1.83. The van der Waals surface area contributed by atoms with Gasteiger partial charge >= 0.3 is 0 Å². The number of aliphatic hydroxyl groups is 3. The van der Waals surface area contributed by atoms with Crippen LogP contribution in [0.1, 0.15) is 0 Å². The van der Waals surface area contributed by atoms with Crippen molar-refractivity contribution < 1.29 is 24.8 Å². The third kappa shape index (κ3) is 1.67. The van der Waals surface area contributed by atoms with Crippen LogP contribution in [0.4, 0.5) is 0 Å². The Kier molecular flexibility index (Phi) is 2.60. The Labute approximate surface area is 75.5 Å². The van der Waals surface area contributed by atoms with Gasteiger partial charge in [0.25, 0.3) is 5.79 Å². The maximum absolute atomic E-state index is 9.49. The van der Waals surface area contributed by atoms with Crippen molar-refractivity contribution >= 4 is 0 Å². The molecule has 5 heteroatoms. The van der Waals surface area contributed by atoms with Gasteiger partial charge in [0.15, 0.2) is 5.76 Å². The fraction of sp³-hybridized carbons (Fsp3) is 0.500. The molecule has 0 amide bonds. The average Bonchev–Trinajstić information content (AvgIpc) is 2.08. The van der Waals surface area contributed by atoms with Gasteiger partial charge in [-0.05, 0) is 6.08 Å². The van der Waals surface area contributed by atoms with E-state index in [0.29, 0.717) is 0 Å². The second-order valence-electron chi connectivity index (χ2n) is 2.69. The van der Waals surface area contributed by atoms with Crippen LogP contribution < -0.4 is 0 Å². The minimum atomic E-state index is -2.23. The number of hydrogen-bond donors (Lipinski definition) is 3. The van der Waals surface area contributed by atoms with Crippen molar-refractivity contribution in [3.8, 4) is 0 Å². The van der Waals surface area contributed by atoms with Crippen molar-refractivity contribution in [3.63, 3.8) is 0 Å². The summed E-state index contributed by atoms with van der Waals surface area (Å²) in [5.41, 5.74) is 0. The monoisotopic (exact) mass is 188 g/mol. The summed E-state index contributed by atoms with van der Waals surface area (Å²) in [5, 5.41) is 28.1. The van der Waals surface area contributed by atoms with Crippen LogP contribution in [0.3, 0.4) is 0 Å². The minimum Gasteiger partial charge on any atom is -0.508 e. The summed E-state index contributed by atoms with van der Waals surface area (Å²) in [4.78, 5) is 0. The smallest absolute Gasteiger partial charge is 0.254 e. The summed E-state index contributed by atoms with van der Waals surface area (Å²) >= 11 is 0.